The van der Waals surface area contributed by atoms with Gasteiger partial charge in [-0.2, -0.15) is 0 Å². The Morgan fingerprint density at radius 2 is 1.79 bits per heavy atom. The number of rotatable bonds is 6. The van der Waals surface area contributed by atoms with E-state index in [-0.39, 0.29) is 11.4 Å². The molecular weight excluding hydrogens is 392 g/mol. The Hall–Kier alpha value is -2.55. The maximum Gasteiger partial charge on any atom is 0.269 e. The Morgan fingerprint density at radius 1 is 1.14 bits per heavy atom. The van der Waals surface area contributed by atoms with Crippen LogP contribution in [0.3, 0.4) is 0 Å². The second kappa shape index (κ2) is 8.06. The number of sulfone groups is 1. The minimum Gasteiger partial charge on any atom is -0.354 e. The van der Waals surface area contributed by atoms with E-state index in [0.717, 1.165) is 5.69 Å². The molecule has 1 saturated heterocycles. The fraction of sp³-hybridized carbons (Fsp3) is 0.500. The molecule has 2 aromatic rings. The van der Waals surface area contributed by atoms with Gasteiger partial charge in [-0.05, 0) is 31.4 Å². The fourth-order valence-corrected chi connectivity index (χ4v) is 5.89. The molecule has 0 N–H and O–H groups in total. The van der Waals surface area contributed by atoms with Crippen LogP contribution in [0.2, 0.25) is 0 Å². The summed E-state index contributed by atoms with van der Waals surface area (Å²) in [6, 6.07) is 8.05. The zero-order valence-corrected chi connectivity index (χ0v) is 17.8. The summed E-state index contributed by atoms with van der Waals surface area (Å²) in [5.41, 5.74) is 1.54. The largest absolute Gasteiger partial charge is 0.354 e. The van der Waals surface area contributed by atoms with E-state index >= 15 is 0 Å². The van der Waals surface area contributed by atoms with Crippen molar-refractivity contribution < 1.29 is 13.3 Å². The smallest absolute Gasteiger partial charge is 0.269 e. The van der Waals surface area contributed by atoms with Crippen molar-refractivity contribution in [1.82, 2.24) is 9.97 Å². The number of non-ortho nitro benzene ring substituents is 1. The number of aromatic nitrogens is 2. The Balaban J connectivity index is 2.00. The molecule has 0 spiro atoms. The lowest BCUT2D eigenvalue weighted by molar-refractivity contribution is -0.384. The van der Waals surface area contributed by atoms with Gasteiger partial charge in [-0.3, -0.25) is 10.1 Å². The number of hydrogen-bond donors (Lipinski definition) is 0. The molecule has 0 radical (unpaired) electrons. The molecule has 0 unspecified atom stereocenters. The van der Waals surface area contributed by atoms with E-state index in [1.54, 1.807) is 12.1 Å². The molecule has 29 heavy (non-hydrogen) atoms. The Labute approximate surface area is 171 Å². The first-order chi connectivity index (χ1) is 13.7. The molecule has 1 aromatic heterocycles. The highest BCUT2D eigenvalue weighted by molar-refractivity contribution is 7.92. The summed E-state index contributed by atoms with van der Waals surface area (Å²) in [6.07, 6.45) is 1.82. The van der Waals surface area contributed by atoms with Crippen molar-refractivity contribution in [3.63, 3.8) is 0 Å². The van der Waals surface area contributed by atoms with Crippen molar-refractivity contribution in [2.75, 3.05) is 23.7 Å². The van der Waals surface area contributed by atoms with Gasteiger partial charge in [0, 0.05) is 42.5 Å². The summed E-state index contributed by atoms with van der Waals surface area (Å²) >= 11 is 0. The molecule has 1 fully saturated rings. The number of nitro benzene ring substituents is 1. The molecule has 0 atom stereocenters. The third-order valence-electron chi connectivity index (χ3n) is 5.85. The summed E-state index contributed by atoms with van der Waals surface area (Å²) in [5.74, 6) is 1.29. The first-order valence-electron chi connectivity index (χ1n) is 9.85. The first-order valence-corrected chi connectivity index (χ1v) is 11.5. The molecule has 1 aliphatic rings. The molecule has 1 aromatic carbocycles. The summed E-state index contributed by atoms with van der Waals surface area (Å²) < 4.78 is 24.7. The molecule has 3 rings (SSSR count). The monoisotopic (exact) mass is 418 g/mol. The molecule has 1 aliphatic heterocycles. The number of anilines is 1. The molecule has 0 bridgehead atoms. The fourth-order valence-electron chi connectivity index (χ4n) is 3.77. The average Bonchev–Trinajstić information content (AvgIpc) is 2.73. The van der Waals surface area contributed by atoms with E-state index in [1.165, 1.54) is 12.1 Å². The Kier molecular flexibility index (Phi) is 5.88. The number of aryl methyl sites for hydroxylation is 1. The highest BCUT2D eigenvalue weighted by Gasteiger charge is 2.45. The van der Waals surface area contributed by atoms with Crippen LogP contribution in [0.5, 0.6) is 0 Å². The van der Waals surface area contributed by atoms with Crippen molar-refractivity contribution >= 4 is 21.3 Å². The van der Waals surface area contributed by atoms with E-state index in [4.69, 9.17) is 0 Å². The maximum atomic E-state index is 12.7. The van der Waals surface area contributed by atoms with Gasteiger partial charge >= 0.3 is 0 Å². The minimum atomic E-state index is -3.17. The highest BCUT2D eigenvalue weighted by atomic mass is 32.2. The van der Waals surface area contributed by atoms with Crippen molar-refractivity contribution in [2.24, 2.45) is 0 Å². The van der Waals surface area contributed by atoms with Crippen LogP contribution in [0, 0.1) is 10.1 Å². The van der Waals surface area contributed by atoms with Gasteiger partial charge in [-0.25, -0.2) is 18.4 Å². The zero-order valence-electron chi connectivity index (χ0n) is 17.0. The van der Waals surface area contributed by atoms with Gasteiger partial charge in [0.05, 0.1) is 15.4 Å². The quantitative estimate of drug-likeness (QED) is 0.523. The van der Waals surface area contributed by atoms with Crippen LogP contribution in [0.15, 0.2) is 30.3 Å². The Morgan fingerprint density at radius 3 is 2.34 bits per heavy atom. The number of benzene rings is 1. The van der Waals surface area contributed by atoms with Crippen LogP contribution in [-0.4, -0.2) is 46.9 Å². The molecular formula is C20H26N4O4S. The predicted octanol–water partition coefficient (Wildman–Crippen LogP) is 3.41. The van der Waals surface area contributed by atoms with E-state index in [9.17, 15) is 18.5 Å². The number of nitrogens with zero attached hydrogens (tertiary/aromatic N) is 4. The van der Waals surface area contributed by atoms with Crippen LogP contribution in [-0.2, 0) is 16.3 Å². The summed E-state index contributed by atoms with van der Waals surface area (Å²) in [7, 11) is -3.17. The molecule has 0 saturated carbocycles. The molecule has 8 nitrogen and oxygen atoms in total. The summed E-state index contributed by atoms with van der Waals surface area (Å²) in [6.45, 7) is 6.63. The maximum absolute atomic E-state index is 12.7. The third-order valence-corrected chi connectivity index (χ3v) is 8.59. The van der Waals surface area contributed by atoms with Crippen LogP contribution >= 0.6 is 0 Å². The van der Waals surface area contributed by atoms with Crippen LogP contribution in [0.25, 0.3) is 11.4 Å². The molecule has 0 aliphatic carbocycles. The van der Waals surface area contributed by atoms with E-state index in [2.05, 4.69) is 9.97 Å². The van der Waals surface area contributed by atoms with Crippen molar-refractivity contribution in [3.8, 4) is 11.4 Å². The molecule has 156 valence electrons. The molecule has 0 amide bonds. The first kappa shape index (κ1) is 21.2. The van der Waals surface area contributed by atoms with E-state index in [1.807, 2.05) is 31.7 Å². The van der Waals surface area contributed by atoms with Crippen LogP contribution in [0.4, 0.5) is 11.5 Å². The predicted molar refractivity (Wildman–Crippen MR) is 113 cm³/mol. The second-order valence-corrected chi connectivity index (χ2v) is 9.83. The second-order valence-electron chi connectivity index (χ2n) is 7.33. The van der Waals surface area contributed by atoms with Gasteiger partial charge in [0.25, 0.3) is 5.69 Å². The zero-order chi connectivity index (χ0) is 21.2. The lowest BCUT2D eigenvalue weighted by Crippen LogP contribution is -2.56. The van der Waals surface area contributed by atoms with Crippen LogP contribution < -0.4 is 4.90 Å². The highest BCUT2D eigenvalue weighted by Crippen LogP contribution is 2.34. The van der Waals surface area contributed by atoms with Gasteiger partial charge in [0.2, 0.25) is 0 Å². The van der Waals surface area contributed by atoms with Gasteiger partial charge in [-0.15, -0.1) is 0 Å². The average molecular weight is 419 g/mol. The van der Waals surface area contributed by atoms with Gasteiger partial charge < -0.3 is 4.90 Å². The third kappa shape index (κ3) is 3.96. The molecule has 2 heterocycles. The van der Waals surface area contributed by atoms with Crippen LogP contribution in [0.1, 0.15) is 39.3 Å². The molecule has 9 heteroatoms. The van der Waals surface area contributed by atoms with Crippen molar-refractivity contribution in [2.45, 2.75) is 44.8 Å². The van der Waals surface area contributed by atoms with Crippen molar-refractivity contribution in [1.29, 1.82) is 0 Å². The topological polar surface area (TPSA) is 106 Å². The van der Waals surface area contributed by atoms with E-state index in [0.29, 0.717) is 49.6 Å². The van der Waals surface area contributed by atoms with Crippen molar-refractivity contribution in [3.05, 3.63) is 46.1 Å². The minimum absolute atomic E-state index is 0.0116. The standard InChI is InChI=1S/C20H26N4O4S/c1-4-16-13-18(23-11-12-29(27,28)20(5-2,6-3)14-23)22-19(21-16)15-7-9-17(10-8-15)24(25)26/h7-10,13H,4-6,11-12,14H2,1-3H3. The number of nitro groups is 1. The SMILES string of the molecule is CCc1cc(N2CCS(=O)(=O)C(CC)(CC)C2)nc(-c2ccc([N+](=O)[O-])cc2)n1. The van der Waals surface area contributed by atoms with Gasteiger partial charge in [0.15, 0.2) is 15.7 Å². The van der Waals surface area contributed by atoms with Gasteiger partial charge in [0.1, 0.15) is 5.82 Å². The lowest BCUT2D eigenvalue weighted by Gasteiger charge is -2.42. The Bertz CT molecular complexity index is 1000. The number of hydrogen-bond acceptors (Lipinski definition) is 7. The lowest BCUT2D eigenvalue weighted by atomic mass is 10.0. The normalized spacial score (nSPS) is 17.8. The summed E-state index contributed by atoms with van der Waals surface area (Å²) in [4.78, 5) is 21.7. The van der Waals surface area contributed by atoms with E-state index < -0.39 is 19.5 Å². The van der Waals surface area contributed by atoms with Gasteiger partial charge in [-0.1, -0.05) is 20.8 Å². The summed E-state index contributed by atoms with van der Waals surface area (Å²) in [5, 5.41) is 10.9.